The molecule has 3 N–H and O–H groups in total. The second-order valence-corrected chi connectivity index (χ2v) is 8.74. The first-order valence-corrected chi connectivity index (χ1v) is 11.3. The lowest BCUT2D eigenvalue weighted by atomic mass is 10.0. The van der Waals surface area contributed by atoms with E-state index in [4.69, 9.17) is 14.9 Å². The van der Waals surface area contributed by atoms with Gasteiger partial charge in [0, 0.05) is 17.5 Å². The normalized spacial score (nSPS) is 11.3. The maximum Gasteiger partial charge on any atom is 0.252 e. The molecule has 4 aromatic rings. The van der Waals surface area contributed by atoms with Crippen LogP contribution in [0.5, 0.6) is 5.75 Å². The quantitative estimate of drug-likeness (QED) is 0.470. The van der Waals surface area contributed by atoms with Crippen molar-refractivity contribution in [3.8, 4) is 17.0 Å². The molecule has 162 valence electrons. The number of fused-ring (bicyclic) bond motifs is 1. The van der Waals surface area contributed by atoms with Crippen molar-refractivity contribution >= 4 is 26.8 Å². The summed E-state index contributed by atoms with van der Waals surface area (Å²) in [4.78, 5) is 17.8. The maximum atomic E-state index is 13.1. The molecule has 0 aliphatic carbocycles. The van der Waals surface area contributed by atoms with Crippen molar-refractivity contribution in [1.82, 2.24) is 10.3 Å². The standard InChI is InChI=1S/C24H21N3O4S/c1-31-18-6-4-5-17(13-18)23-14-21(20-7-2-3-8-22(20)27-23)24(28)26-15-16-9-11-19(12-10-16)32(25,29)30/h2-14H,15H2,1H3,(H,26,28)(H2,25,29,30). The predicted molar refractivity (Wildman–Crippen MR) is 123 cm³/mol. The number of sulfonamides is 1. The van der Waals surface area contributed by atoms with Gasteiger partial charge in [-0.2, -0.15) is 0 Å². The minimum absolute atomic E-state index is 0.0237. The summed E-state index contributed by atoms with van der Waals surface area (Å²) in [5, 5.41) is 8.76. The molecule has 7 nitrogen and oxygen atoms in total. The van der Waals surface area contributed by atoms with Crippen LogP contribution in [0.25, 0.3) is 22.2 Å². The highest BCUT2D eigenvalue weighted by molar-refractivity contribution is 7.89. The molecule has 32 heavy (non-hydrogen) atoms. The summed E-state index contributed by atoms with van der Waals surface area (Å²) in [7, 11) is -2.16. The molecule has 1 heterocycles. The molecule has 8 heteroatoms. The van der Waals surface area contributed by atoms with Crippen LogP contribution in [0.15, 0.2) is 83.8 Å². The molecule has 0 saturated carbocycles. The lowest BCUT2D eigenvalue weighted by Gasteiger charge is -2.11. The Hall–Kier alpha value is -3.75. The molecule has 0 saturated heterocycles. The van der Waals surface area contributed by atoms with E-state index in [0.717, 1.165) is 16.5 Å². The van der Waals surface area contributed by atoms with Crippen molar-refractivity contribution in [3.63, 3.8) is 0 Å². The van der Waals surface area contributed by atoms with E-state index in [9.17, 15) is 13.2 Å². The van der Waals surface area contributed by atoms with Crippen molar-refractivity contribution in [2.24, 2.45) is 5.14 Å². The second-order valence-electron chi connectivity index (χ2n) is 7.18. The highest BCUT2D eigenvalue weighted by Crippen LogP contribution is 2.27. The highest BCUT2D eigenvalue weighted by Gasteiger charge is 2.14. The zero-order valence-corrected chi connectivity index (χ0v) is 18.1. The minimum atomic E-state index is -3.76. The van der Waals surface area contributed by atoms with Gasteiger partial charge < -0.3 is 10.1 Å². The third-order valence-electron chi connectivity index (χ3n) is 5.03. The summed E-state index contributed by atoms with van der Waals surface area (Å²) in [6, 6.07) is 22.8. The van der Waals surface area contributed by atoms with Crippen LogP contribution in [0.1, 0.15) is 15.9 Å². The van der Waals surface area contributed by atoms with E-state index in [2.05, 4.69) is 5.32 Å². The first-order chi connectivity index (χ1) is 15.3. The Kier molecular flexibility index (Phi) is 5.89. The molecular weight excluding hydrogens is 426 g/mol. The van der Waals surface area contributed by atoms with Crippen LogP contribution in [0.2, 0.25) is 0 Å². The van der Waals surface area contributed by atoms with Gasteiger partial charge in [-0.1, -0.05) is 42.5 Å². The summed E-state index contributed by atoms with van der Waals surface area (Å²) in [5.74, 6) is 0.440. The average molecular weight is 448 g/mol. The molecule has 0 radical (unpaired) electrons. The molecule has 0 aliphatic rings. The number of nitrogens with one attached hydrogen (secondary N) is 1. The van der Waals surface area contributed by atoms with E-state index < -0.39 is 10.0 Å². The van der Waals surface area contributed by atoms with E-state index in [0.29, 0.717) is 22.5 Å². The van der Waals surface area contributed by atoms with Crippen LogP contribution in [0, 0.1) is 0 Å². The Bertz CT molecular complexity index is 1400. The topological polar surface area (TPSA) is 111 Å². The van der Waals surface area contributed by atoms with E-state index in [1.165, 1.54) is 12.1 Å². The molecule has 1 amide bonds. The number of aromatic nitrogens is 1. The number of nitrogens with zero attached hydrogens (tertiary/aromatic N) is 1. The third kappa shape index (κ3) is 4.61. The number of para-hydroxylation sites is 1. The number of benzene rings is 3. The molecule has 4 rings (SSSR count). The number of hydrogen-bond donors (Lipinski definition) is 2. The van der Waals surface area contributed by atoms with Gasteiger partial charge in [-0.3, -0.25) is 4.79 Å². The number of ether oxygens (including phenoxy) is 1. The fraction of sp³-hybridized carbons (Fsp3) is 0.0833. The van der Waals surface area contributed by atoms with Crippen molar-refractivity contribution in [2.45, 2.75) is 11.4 Å². The van der Waals surface area contributed by atoms with E-state index in [1.807, 2.05) is 48.5 Å². The van der Waals surface area contributed by atoms with Crippen LogP contribution in [0.3, 0.4) is 0 Å². The zero-order chi connectivity index (χ0) is 22.7. The van der Waals surface area contributed by atoms with Gasteiger partial charge in [0.25, 0.3) is 5.91 Å². The first-order valence-electron chi connectivity index (χ1n) is 9.79. The largest absolute Gasteiger partial charge is 0.497 e. The average Bonchev–Trinajstić information content (AvgIpc) is 2.81. The lowest BCUT2D eigenvalue weighted by Crippen LogP contribution is -2.23. The molecule has 1 aromatic heterocycles. The summed E-state index contributed by atoms with van der Waals surface area (Å²) in [5.41, 5.74) is 3.44. The number of nitrogens with two attached hydrogens (primary N) is 1. The van der Waals surface area contributed by atoms with Crippen LogP contribution < -0.4 is 15.2 Å². The van der Waals surface area contributed by atoms with Crippen molar-refractivity contribution in [2.75, 3.05) is 7.11 Å². The van der Waals surface area contributed by atoms with Crippen molar-refractivity contribution in [1.29, 1.82) is 0 Å². The summed E-state index contributed by atoms with van der Waals surface area (Å²) < 4.78 is 28.1. The lowest BCUT2D eigenvalue weighted by molar-refractivity contribution is 0.0952. The number of amides is 1. The van der Waals surface area contributed by atoms with Gasteiger partial charge in [0.15, 0.2) is 0 Å². The smallest absolute Gasteiger partial charge is 0.252 e. The monoisotopic (exact) mass is 447 g/mol. The van der Waals surface area contributed by atoms with Gasteiger partial charge in [-0.05, 0) is 42.0 Å². The van der Waals surface area contributed by atoms with Gasteiger partial charge in [-0.15, -0.1) is 0 Å². The van der Waals surface area contributed by atoms with Gasteiger partial charge in [0.1, 0.15) is 5.75 Å². The van der Waals surface area contributed by atoms with Gasteiger partial charge in [0.2, 0.25) is 10.0 Å². The van der Waals surface area contributed by atoms with Crippen LogP contribution in [-0.4, -0.2) is 26.4 Å². The molecule has 0 unspecified atom stereocenters. The van der Waals surface area contributed by atoms with Crippen LogP contribution >= 0.6 is 0 Å². The van der Waals surface area contributed by atoms with Crippen molar-refractivity contribution < 1.29 is 17.9 Å². The van der Waals surface area contributed by atoms with Crippen molar-refractivity contribution in [3.05, 3.63) is 90.0 Å². The number of hydrogen-bond acceptors (Lipinski definition) is 5. The van der Waals surface area contributed by atoms with E-state index in [1.54, 1.807) is 25.3 Å². The Labute approximate surface area is 185 Å². The minimum Gasteiger partial charge on any atom is -0.497 e. The zero-order valence-electron chi connectivity index (χ0n) is 17.3. The Balaban J connectivity index is 1.64. The number of pyridine rings is 1. The number of primary sulfonamides is 1. The Morgan fingerprint density at radius 2 is 1.75 bits per heavy atom. The van der Waals surface area contributed by atoms with E-state index in [-0.39, 0.29) is 17.3 Å². The van der Waals surface area contributed by atoms with Crippen LogP contribution in [-0.2, 0) is 16.6 Å². The molecule has 0 fully saturated rings. The summed E-state index contributed by atoms with van der Waals surface area (Å²) >= 11 is 0. The molecule has 0 aliphatic heterocycles. The molecule has 0 spiro atoms. The molecular formula is C24H21N3O4S. The van der Waals surface area contributed by atoms with Gasteiger partial charge in [-0.25, -0.2) is 18.5 Å². The number of rotatable bonds is 6. The second kappa shape index (κ2) is 8.78. The fourth-order valence-electron chi connectivity index (χ4n) is 3.37. The van der Waals surface area contributed by atoms with Crippen LogP contribution in [0.4, 0.5) is 0 Å². The van der Waals surface area contributed by atoms with E-state index >= 15 is 0 Å². The predicted octanol–water partition coefficient (Wildman–Crippen LogP) is 3.49. The number of carbonyl (C=O) groups excluding carboxylic acids is 1. The summed E-state index contributed by atoms with van der Waals surface area (Å²) in [6.45, 7) is 0.231. The highest BCUT2D eigenvalue weighted by atomic mass is 32.2. The SMILES string of the molecule is COc1cccc(-c2cc(C(=O)NCc3ccc(S(N)(=O)=O)cc3)c3ccccc3n2)c1. The molecule has 0 atom stereocenters. The number of carbonyl (C=O) groups is 1. The van der Waals surface area contributed by atoms with Gasteiger partial charge in [0.05, 0.1) is 28.8 Å². The third-order valence-corrected chi connectivity index (χ3v) is 5.96. The number of methoxy groups -OCH3 is 1. The fourth-order valence-corrected chi connectivity index (χ4v) is 3.88. The Morgan fingerprint density at radius 1 is 1.00 bits per heavy atom. The molecule has 3 aromatic carbocycles. The van der Waals surface area contributed by atoms with Gasteiger partial charge >= 0.3 is 0 Å². The Morgan fingerprint density at radius 3 is 2.47 bits per heavy atom. The summed E-state index contributed by atoms with van der Waals surface area (Å²) in [6.07, 6.45) is 0. The molecule has 0 bridgehead atoms. The maximum absolute atomic E-state index is 13.1. The first kappa shape index (κ1) is 21.5.